The van der Waals surface area contributed by atoms with E-state index in [1.54, 1.807) is 12.1 Å². The van der Waals surface area contributed by atoms with Gasteiger partial charge in [-0.3, -0.25) is 14.3 Å². The average molecular weight is 452 g/mol. The molecule has 6 nitrogen and oxygen atoms in total. The first-order valence-corrected chi connectivity index (χ1v) is 11.3. The molecule has 1 N–H and O–H groups in total. The van der Waals surface area contributed by atoms with Gasteiger partial charge in [0.05, 0.1) is 11.3 Å². The molecule has 32 heavy (non-hydrogen) atoms. The van der Waals surface area contributed by atoms with Crippen molar-refractivity contribution in [1.29, 1.82) is 0 Å². The van der Waals surface area contributed by atoms with E-state index in [1.807, 2.05) is 68.6 Å². The van der Waals surface area contributed by atoms with Crippen LogP contribution in [0.2, 0.25) is 0 Å². The van der Waals surface area contributed by atoms with Gasteiger partial charge in [-0.2, -0.15) is 0 Å². The fourth-order valence-electron chi connectivity index (χ4n) is 3.70. The molecule has 4 aromatic rings. The van der Waals surface area contributed by atoms with Crippen LogP contribution < -0.4 is 0 Å². The number of nitrogens with zero attached hydrogens (tertiary/aromatic N) is 4. The van der Waals surface area contributed by atoms with E-state index in [0.29, 0.717) is 10.7 Å². The first kappa shape index (κ1) is 22.2. The Balaban J connectivity index is 1.71. The van der Waals surface area contributed by atoms with E-state index in [0.717, 1.165) is 28.1 Å². The van der Waals surface area contributed by atoms with Crippen molar-refractivity contribution in [3.8, 4) is 5.69 Å². The lowest BCUT2D eigenvalue weighted by atomic mass is 10.1. The van der Waals surface area contributed by atoms with Crippen molar-refractivity contribution in [2.24, 2.45) is 0 Å². The standard InChI is InChI=1S/C24H26FN5OS/c1-14-21(19-8-6-7-9-20(19)26-14)22(31)16(3)32-24-28-27-23(15(2)29(4)5)30(24)18-12-10-17(25)11-13-18/h6-13,15-16,26H,1-5H3/t15-,16-/m0/s1. The van der Waals surface area contributed by atoms with Crippen molar-refractivity contribution in [1.82, 2.24) is 24.6 Å². The summed E-state index contributed by atoms with van der Waals surface area (Å²) < 4.78 is 15.5. The molecule has 0 aliphatic rings. The van der Waals surface area contributed by atoms with E-state index in [1.165, 1.54) is 23.9 Å². The van der Waals surface area contributed by atoms with Crippen LogP contribution in [0.25, 0.3) is 16.6 Å². The number of thioether (sulfide) groups is 1. The number of carbonyl (C=O) groups is 1. The lowest BCUT2D eigenvalue weighted by Crippen LogP contribution is -2.21. The van der Waals surface area contributed by atoms with Crippen LogP contribution in [0.1, 0.15) is 41.8 Å². The van der Waals surface area contributed by atoms with Crippen LogP contribution in [0.5, 0.6) is 0 Å². The maximum absolute atomic E-state index is 13.6. The van der Waals surface area contributed by atoms with E-state index in [-0.39, 0.29) is 22.9 Å². The minimum Gasteiger partial charge on any atom is -0.358 e. The number of rotatable bonds is 7. The summed E-state index contributed by atoms with van der Waals surface area (Å²) in [4.78, 5) is 18.8. The zero-order valence-electron chi connectivity index (χ0n) is 18.8. The molecule has 0 amide bonds. The topological polar surface area (TPSA) is 66.8 Å². The van der Waals surface area contributed by atoms with Crippen molar-refractivity contribution in [3.05, 3.63) is 71.4 Å². The second-order valence-electron chi connectivity index (χ2n) is 8.09. The largest absolute Gasteiger partial charge is 0.358 e. The van der Waals surface area contributed by atoms with Gasteiger partial charge in [-0.1, -0.05) is 30.0 Å². The zero-order chi connectivity index (χ0) is 23.0. The smallest absolute Gasteiger partial charge is 0.196 e. The summed E-state index contributed by atoms with van der Waals surface area (Å²) in [6.07, 6.45) is 0. The Hall–Kier alpha value is -2.97. The number of H-pyrrole nitrogens is 1. The number of carbonyl (C=O) groups excluding carboxylic acids is 1. The minimum absolute atomic E-state index is 0.0243. The van der Waals surface area contributed by atoms with E-state index in [2.05, 4.69) is 15.2 Å². The van der Waals surface area contributed by atoms with Crippen LogP contribution >= 0.6 is 11.8 Å². The molecular formula is C24H26FN5OS. The molecule has 0 unspecified atom stereocenters. The number of hydrogen-bond donors (Lipinski definition) is 1. The summed E-state index contributed by atoms with van der Waals surface area (Å²) in [5.41, 5.74) is 3.26. The summed E-state index contributed by atoms with van der Waals surface area (Å²) >= 11 is 1.36. The van der Waals surface area contributed by atoms with Gasteiger partial charge in [0.25, 0.3) is 0 Å². The molecule has 0 spiro atoms. The Bertz CT molecular complexity index is 1260. The van der Waals surface area contributed by atoms with Gasteiger partial charge in [-0.25, -0.2) is 4.39 Å². The Morgan fingerprint density at radius 3 is 2.47 bits per heavy atom. The molecule has 0 saturated heterocycles. The fraction of sp³-hybridized carbons (Fsp3) is 0.292. The number of benzene rings is 2. The number of fused-ring (bicyclic) bond motifs is 1. The van der Waals surface area contributed by atoms with Crippen molar-refractivity contribution in [3.63, 3.8) is 0 Å². The van der Waals surface area contributed by atoms with Crippen LogP contribution in [0.4, 0.5) is 4.39 Å². The van der Waals surface area contributed by atoms with Crippen molar-refractivity contribution < 1.29 is 9.18 Å². The number of Topliss-reactive ketones (excluding diaryl/α,β-unsaturated/α-hetero) is 1. The average Bonchev–Trinajstić information content (AvgIpc) is 3.33. The number of nitrogens with one attached hydrogen (secondary N) is 1. The predicted molar refractivity (Wildman–Crippen MR) is 126 cm³/mol. The number of aromatic amines is 1. The van der Waals surface area contributed by atoms with Crippen LogP contribution in [-0.2, 0) is 0 Å². The van der Waals surface area contributed by atoms with Gasteiger partial charge in [0.2, 0.25) is 0 Å². The maximum atomic E-state index is 13.6. The molecule has 2 aromatic heterocycles. The number of hydrogen-bond acceptors (Lipinski definition) is 5. The minimum atomic E-state index is -0.390. The van der Waals surface area contributed by atoms with Gasteiger partial charge in [-0.05, 0) is 65.2 Å². The van der Waals surface area contributed by atoms with Crippen molar-refractivity contribution >= 4 is 28.4 Å². The van der Waals surface area contributed by atoms with Gasteiger partial charge < -0.3 is 4.98 Å². The summed E-state index contributed by atoms with van der Waals surface area (Å²) in [6, 6.07) is 14.0. The Labute approximate surface area is 190 Å². The third-order valence-electron chi connectivity index (χ3n) is 5.68. The predicted octanol–water partition coefficient (Wildman–Crippen LogP) is 5.18. The van der Waals surface area contributed by atoms with Crippen LogP contribution in [0, 0.1) is 12.7 Å². The first-order valence-electron chi connectivity index (χ1n) is 10.4. The Morgan fingerprint density at radius 2 is 1.78 bits per heavy atom. The molecule has 2 atom stereocenters. The molecule has 166 valence electrons. The fourth-order valence-corrected chi connectivity index (χ4v) is 4.63. The van der Waals surface area contributed by atoms with E-state index in [9.17, 15) is 9.18 Å². The molecule has 0 bridgehead atoms. The maximum Gasteiger partial charge on any atom is 0.196 e. The summed E-state index contributed by atoms with van der Waals surface area (Å²) in [5.74, 6) is 0.449. The molecule has 0 saturated carbocycles. The van der Waals surface area contributed by atoms with Gasteiger partial charge in [0, 0.05) is 27.8 Å². The van der Waals surface area contributed by atoms with Gasteiger partial charge >= 0.3 is 0 Å². The molecule has 4 rings (SSSR count). The zero-order valence-corrected chi connectivity index (χ0v) is 19.6. The summed E-state index contributed by atoms with van der Waals surface area (Å²) in [7, 11) is 3.93. The highest BCUT2D eigenvalue weighted by Crippen LogP contribution is 2.32. The molecule has 0 aliphatic heterocycles. The molecular weight excluding hydrogens is 425 g/mol. The number of para-hydroxylation sites is 1. The van der Waals surface area contributed by atoms with Crippen molar-refractivity contribution in [2.45, 2.75) is 37.2 Å². The van der Waals surface area contributed by atoms with Crippen LogP contribution in [0.15, 0.2) is 53.7 Å². The highest BCUT2D eigenvalue weighted by molar-refractivity contribution is 8.00. The highest BCUT2D eigenvalue weighted by atomic mass is 32.2. The second-order valence-corrected chi connectivity index (χ2v) is 9.40. The molecule has 2 heterocycles. The lowest BCUT2D eigenvalue weighted by molar-refractivity contribution is 0.0995. The van der Waals surface area contributed by atoms with Gasteiger partial charge in [0.15, 0.2) is 16.8 Å². The lowest BCUT2D eigenvalue weighted by Gasteiger charge is -2.21. The van der Waals surface area contributed by atoms with Gasteiger partial charge in [-0.15, -0.1) is 10.2 Å². The normalized spacial score (nSPS) is 13.6. The van der Waals surface area contributed by atoms with E-state index < -0.39 is 0 Å². The number of aryl methyl sites for hydroxylation is 1. The summed E-state index contributed by atoms with van der Waals surface area (Å²) in [6.45, 7) is 5.83. The second kappa shape index (κ2) is 8.88. The number of aromatic nitrogens is 4. The van der Waals surface area contributed by atoms with Gasteiger partial charge in [0.1, 0.15) is 5.82 Å². The molecule has 0 aliphatic carbocycles. The molecule has 8 heteroatoms. The quantitative estimate of drug-likeness (QED) is 0.310. The van der Waals surface area contributed by atoms with Crippen LogP contribution in [0.3, 0.4) is 0 Å². The monoisotopic (exact) mass is 451 g/mol. The summed E-state index contributed by atoms with van der Waals surface area (Å²) in [5, 5.41) is 9.95. The van der Waals surface area contributed by atoms with Crippen molar-refractivity contribution in [2.75, 3.05) is 14.1 Å². The number of halogens is 1. The first-order chi connectivity index (χ1) is 15.3. The number of ketones is 1. The van der Waals surface area contributed by atoms with E-state index >= 15 is 0 Å². The Morgan fingerprint density at radius 1 is 1.09 bits per heavy atom. The SMILES string of the molecule is Cc1[nH]c2ccccc2c1C(=O)[C@H](C)Sc1nnc([C@H](C)N(C)C)n1-c1ccc(F)cc1. The Kier molecular flexibility index (Phi) is 6.17. The molecule has 2 aromatic carbocycles. The van der Waals surface area contributed by atoms with E-state index in [4.69, 9.17) is 0 Å². The third kappa shape index (κ3) is 4.08. The highest BCUT2D eigenvalue weighted by Gasteiger charge is 2.27. The van der Waals surface area contributed by atoms with Crippen LogP contribution in [-0.4, -0.2) is 49.8 Å². The molecule has 0 fully saturated rings. The molecule has 0 radical (unpaired) electrons. The third-order valence-corrected chi connectivity index (χ3v) is 6.73.